The van der Waals surface area contributed by atoms with E-state index in [0.29, 0.717) is 29.3 Å². The topological polar surface area (TPSA) is 79.3 Å². The molecule has 0 radical (unpaired) electrons. The van der Waals surface area contributed by atoms with Gasteiger partial charge in [-0.15, -0.1) is 0 Å². The van der Waals surface area contributed by atoms with Crippen molar-refractivity contribution < 1.29 is 14.7 Å². The number of nitrogens with one attached hydrogen (secondary N) is 1. The summed E-state index contributed by atoms with van der Waals surface area (Å²) in [6.45, 7) is 0. The molecule has 1 aromatic heterocycles. The number of halogens is 1. The molecule has 0 saturated heterocycles. The minimum Gasteiger partial charge on any atom is -0.481 e. The first-order valence-corrected chi connectivity index (χ1v) is 6.50. The van der Waals surface area contributed by atoms with Gasteiger partial charge in [0.1, 0.15) is 0 Å². The molecule has 0 aromatic carbocycles. The van der Waals surface area contributed by atoms with Crippen LogP contribution in [-0.4, -0.2) is 28.0 Å². The van der Waals surface area contributed by atoms with Crippen LogP contribution in [0, 0.1) is 5.92 Å². The van der Waals surface area contributed by atoms with Crippen molar-refractivity contribution in [1.29, 1.82) is 0 Å². The van der Waals surface area contributed by atoms with Crippen molar-refractivity contribution >= 4 is 27.8 Å². The van der Waals surface area contributed by atoms with Crippen LogP contribution in [0.1, 0.15) is 29.6 Å². The molecule has 1 heterocycles. The second-order valence-electron chi connectivity index (χ2n) is 4.37. The summed E-state index contributed by atoms with van der Waals surface area (Å²) in [4.78, 5) is 26.7. The lowest BCUT2D eigenvalue weighted by atomic mass is 10.1. The van der Waals surface area contributed by atoms with Crippen LogP contribution in [0.25, 0.3) is 0 Å². The Kier molecular flexibility index (Phi) is 3.96. The molecule has 1 amide bonds. The SMILES string of the molecule is O=C(N[C@@H]1CC[C@H](C(=O)O)C1)c1ccncc1Br. The quantitative estimate of drug-likeness (QED) is 0.892. The van der Waals surface area contributed by atoms with Gasteiger partial charge in [-0.2, -0.15) is 0 Å². The second-order valence-corrected chi connectivity index (χ2v) is 5.23. The molecule has 1 saturated carbocycles. The first-order chi connectivity index (χ1) is 8.58. The fraction of sp³-hybridized carbons (Fsp3) is 0.417. The summed E-state index contributed by atoms with van der Waals surface area (Å²) in [5, 5.41) is 11.8. The predicted molar refractivity (Wildman–Crippen MR) is 68.2 cm³/mol. The van der Waals surface area contributed by atoms with Gasteiger partial charge in [0, 0.05) is 22.9 Å². The number of rotatable bonds is 3. The Labute approximate surface area is 113 Å². The van der Waals surface area contributed by atoms with E-state index in [0.717, 1.165) is 0 Å². The largest absolute Gasteiger partial charge is 0.481 e. The van der Waals surface area contributed by atoms with Gasteiger partial charge in [0.05, 0.1) is 11.5 Å². The highest BCUT2D eigenvalue weighted by Crippen LogP contribution is 2.26. The maximum Gasteiger partial charge on any atom is 0.306 e. The maximum absolute atomic E-state index is 12.0. The standard InChI is InChI=1S/C12H13BrN2O3/c13-10-6-14-4-3-9(10)11(16)15-8-2-1-7(5-8)12(17)18/h3-4,6-8H,1-2,5H2,(H,15,16)(H,17,18)/t7-,8+/m0/s1. The molecular weight excluding hydrogens is 300 g/mol. The Hall–Kier alpha value is -1.43. The van der Waals surface area contributed by atoms with E-state index >= 15 is 0 Å². The molecule has 2 rings (SSSR count). The van der Waals surface area contributed by atoms with E-state index in [2.05, 4.69) is 26.2 Å². The summed E-state index contributed by atoms with van der Waals surface area (Å²) in [7, 11) is 0. The summed E-state index contributed by atoms with van der Waals surface area (Å²) >= 11 is 3.26. The van der Waals surface area contributed by atoms with E-state index in [1.807, 2.05) is 0 Å². The van der Waals surface area contributed by atoms with Gasteiger partial charge in [0.15, 0.2) is 0 Å². The van der Waals surface area contributed by atoms with E-state index in [1.54, 1.807) is 18.5 Å². The van der Waals surface area contributed by atoms with Gasteiger partial charge >= 0.3 is 5.97 Å². The highest BCUT2D eigenvalue weighted by molar-refractivity contribution is 9.10. The third kappa shape index (κ3) is 2.87. The third-order valence-corrected chi connectivity index (χ3v) is 3.77. The number of amides is 1. The normalized spacial score (nSPS) is 22.7. The van der Waals surface area contributed by atoms with Crippen LogP contribution in [-0.2, 0) is 4.79 Å². The molecule has 2 N–H and O–H groups in total. The van der Waals surface area contributed by atoms with Crippen molar-refractivity contribution in [1.82, 2.24) is 10.3 Å². The summed E-state index contributed by atoms with van der Waals surface area (Å²) in [5.74, 6) is -1.31. The molecule has 0 bridgehead atoms. The third-order valence-electron chi connectivity index (χ3n) is 3.13. The number of carboxylic acid groups (broad SMARTS) is 1. The van der Waals surface area contributed by atoms with Crippen molar-refractivity contribution in [2.24, 2.45) is 5.92 Å². The van der Waals surface area contributed by atoms with E-state index in [9.17, 15) is 9.59 Å². The summed E-state index contributed by atoms with van der Waals surface area (Å²) in [6.07, 6.45) is 4.95. The second kappa shape index (κ2) is 5.48. The van der Waals surface area contributed by atoms with Gasteiger partial charge < -0.3 is 10.4 Å². The van der Waals surface area contributed by atoms with Gasteiger partial charge in [-0.05, 0) is 41.3 Å². The number of aromatic nitrogens is 1. The Morgan fingerprint density at radius 2 is 2.22 bits per heavy atom. The van der Waals surface area contributed by atoms with Crippen molar-refractivity contribution in [3.8, 4) is 0 Å². The lowest BCUT2D eigenvalue weighted by Gasteiger charge is -2.13. The van der Waals surface area contributed by atoms with E-state index in [1.165, 1.54) is 0 Å². The average Bonchev–Trinajstić information content (AvgIpc) is 2.78. The molecule has 1 fully saturated rings. The minimum atomic E-state index is -0.781. The number of pyridine rings is 1. The van der Waals surface area contributed by atoms with E-state index in [-0.39, 0.29) is 17.9 Å². The van der Waals surface area contributed by atoms with Crippen LogP contribution in [0.4, 0.5) is 0 Å². The number of nitrogens with zero attached hydrogens (tertiary/aromatic N) is 1. The molecule has 0 spiro atoms. The number of hydrogen-bond donors (Lipinski definition) is 2. The Morgan fingerprint density at radius 1 is 1.44 bits per heavy atom. The summed E-state index contributed by atoms with van der Waals surface area (Å²) in [5.41, 5.74) is 0.517. The molecule has 0 aliphatic heterocycles. The van der Waals surface area contributed by atoms with Gasteiger partial charge in [0.25, 0.3) is 5.91 Å². The maximum atomic E-state index is 12.0. The highest BCUT2D eigenvalue weighted by atomic mass is 79.9. The van der Waals surface area contributed by atoms with Crippen LogP contribution in [0.15, 0.2) is 22.9 Å². The zero-order chi connectivity index (χ0) is 13.1. The summed E-state index contributed by atoms with van der Waals surface area (Å²) in [6, 6.07) is 1.57. The zero-order valence-corrected chi connectivity index (χ0v) is 11.2. The Bertz CT molecular complexity index is 478. The van der Waals surface area contributed by atoms with E-state index < -0.39 is 5.97 Å². The fourth-order valence-corrected chi connectivity index (χ4v) is 2.59. The molecule has 96 valence electrons. The number of carboxylic acids is 1. The first-order valence-electron chi connectivity index (χ1n) is 5.71. The van der Waals surface area contributed by atoms with Crippen molar-refractivity contribution in [3.05, 3.63) is 28.5 Å². The van der Waals surface area contributed by atoms with Crippen LogP contribution in [0.3, 0.4) is 0 Å². The number of hydrogen-bond acceptors (Lipinski definition) is 3. The predicted octanol–water partition coefficient (Wildman–Crippen LogP) is 1.83. The van der Waals surface area contributed by atoms with Crippen molar-refractivity contribution in [2.45, 2.75) is 25.3 Å². The van der Waals surface area contributed by atoms with Crippen LogP contribution in [0.2, 0.25) is 0 Å². The van der Waals surface area contributed by atoms with Gasteiger partial charge in [0.2, 0.25) is 0 Å². The fourth-order valence-electron chi connectivity index (χ4n) is 2.16. The van der Waals surface area contributed by atoms with Gasteiger partial charge in [-0.3, -0.25) is 14.6 Å². The van der Waals surface area contributed by atoms with Crippen molar-refractivity contribution in [2.75, 3.05) is 0 Å². The molecule has 5 nitrogen and oxygen atoms in total. The van der Waals surface area contributed by atoms with Gasteiger partial charge in [-0.1, -0.05) is 0 Å². The number of carbonyl (C=O) groups excluding carboxylic acids is 1. The Balaban J connectivity index is 1.97. The molecule has 18 heavy (non-hydrogen) atoms. The molecule has 1 aliphatic rings. The molecule has 1 aromatic rings. The zero-order valence-electron chi connectivity index (χ0n) is 9.60. The highest BCUT2D eigenvalue weighted by Gasteiger charge is 2.30. The number of aliphatic carboxylic acids is 1. The van der Waals surface area contributed by atoms with Crippen molar-refractivity contribution in [3.63, 3.8) is 0 Å². The monoisotopic (exact) mass is 312 g/mol. The average molecular weight is 313 g/mol. The van der Waals surface area contributed by atoms with Crippen LogP contribution in [0.5, 0.6) is 0 Å². The molecule has 2 atom stereocenters. The van der Waals surface area contributed by atoms with E-state index in [4.69, 9.17) is 5.11 Å². The lowest BCUT2D eigenvalue weighted by molar-refractivity contribution is -0.141. The van der Waals surface area contributed by atoms with Crippen LogP contribution < -0.4 is 5.32 Å². The summed E-state index contributed by atoms with van der Waals surface area (Å²) < 4.78 is 0.635. The lowest BCUT2D eigenvalue weighted by Crippen LogP contribution is -2.33. The molecular formula is C12H13BrN2O3. The Morgan fingerprint density at radius 3 is 2.83 bits per heavy atom. The van der Waals surface area contributed by atoms with Crippen LogP contribution >= 0.6 is 15.9 Å². The van der Waals surface area contributed by atoms with Gasteiger partial charge in [-0.25, -0.2) is 0 Å². The molecule has 6 heteroatoms. The molecule has 1 aliphatic carbocycles. The first kappa shape index (κ1) is 13.0. The minimum absolute atomic E-state index is 0.0568. The number of carbonyl (C=O) groups is 2. The smallest absolute Gasteiger partial charge is 0.306 e. The molecule has 0 unspecified atom stereocenters.